The van der Waals surface area contributed by atoms with E-state index in [4.69, 9.17) is 4.74 Å². The number of aliphatic hydroxyl groups is 1. The zero-order valence-electron chi connectivity index (χ0n) is 22.3. The Morgan fingerprint density at radius 2 is 1.83 bits per heavy atom. The van der Waals surface area contributed by atoms with E-state index in [2.05, 4.69) is 12.2 Å². The number of halogens is 1. The number of amides is 1. The lowest BCUT2D eigenvalue weighted by atomic mass is 9.49. The Kier molecular flexibility index (Phi) is 7.35. The molecule has 1 aromatic carbocycles. The zero-order chi connectivity index (χ0) is 25.5. The molecular formula is C31H44FNO3. The molecule has 0 heterocycles. The molecule has 0 bridgehead atoms. The zero-order valence-corrected chi connectivity index (χ0v) is 22.3. The monoisotopic (exact) mass is 497 g/mol. The van der Waals surface area contributed by atoms with E-state index < -0.39 is 5.60 Å². The van der Waals surface area contributed by atoms with Gasteiger partial charge in [-0.3, -0.25) is 4.79 Å². The smallest absolute Gasteiger partial charge is 0.228 e. The molecule has 2 N–H and O–H groups in total. The molecule has 4 aliphatic rings. The highest BCUT2D eigenvalue weighted by atomic mass is 19.1. The first-order valence-electron chi connectivity index (χ1n) is 14.3. The van der Waals surface area contributed by atoms with E-state index in [-0.39, 0.29) is 23.1 Å². The summed E-state index contributed by atoms with van der Waals surface area (Å²) >= 11 is 0. The number of carbonyl (C=O) groups is 1. The molecule has 5 rings (SSSR count). The first-order valence-corrected chi connectivity index (χ1v) is 14.3. The van der Waals surface area contributed by atoms with Crippen LogP contribution in [0.15, 0.2) is 30.3 Å². The van der Waals surface area contributed by atoms with Crippen molar-refractivity contribution in [2.75, 3.05) is 13.2 Å². The van der Waals surface area contributed by atoms with E-state index in [1.54, 1.807) is 12.1 Å². The maximum atomic E-state index is 13.6. The molecular weight excluding hydrogens is 453 g/mol. The van der Waals surface area contributed by atoms with Crippen LogP contribution in [0.25, 0.3) is 5.70 Å². The topological polar surface area (TPSA) is 58.6 Å². The summed E-state index contributed by atoms with van der Waals surface area (Å²) in [7, 11) is 0. The van der Waals surface area contributed by atoms with Crippen molar-refractivity contribution in [2.24, 2.45) is 40.9 Å². The second-order valence-electron chi connectivity index (χ2n) is 12.4. The third kappa shape index (κ3) is 4.67. The van der Waals surface area contributed by atoms with E-state index in [0.29, 0.717) is 31.0 Å². The molecule has 36 heavy (non-hydrogen) atoms. The summed E-state index contributed by atoms with van der Waals surface area (Å²) in [6.45, 7) is 7.43. The fraction of sp³-hybridized carbons (Fsp3) is 0.710. The maximum Gasteiger partial charge on any atom is 0.228 e. The van der Waals surface area contributed by atoms with Crippen LogP contribution >= 0.6 is 0 Å². The van der Waals surface area contributed by atoms with Crippen molar-refractivity contribution in [1.29, 1.82) is 0 Å². The molecule has 0 aromatic heterocycles. The third-order valence-electron chi connectivity index (χ3n) is 10.7. The van der Waals surface area contributed by atoms with Crippen LogP contribution in [0.2, 0.25) is 0 Å². The van der Waals surface area contributed by atoms with Crippen LogP contribution in [0.1, 0.15) is 84.1 Å². The molecule has 4 saturated carbocycles. The van der Waals surface area contributed by atoms with Gasteiger partial charge in [0, 0.05) is 18.2 Å². The second kappa shape index (κ2) is 10.2. The highest BCUT2D eigenvalue weighted by Gasteiger charge is 2.59. The summed E-state index contributed by atoms with van der Waals surface area (Å²) in [5, 5.41) is 14.3. The van der Waals surface area contributed by atoms with Crippen molar-refractivity contribution in [1.82, 2.24) is 5.32 Å². The molecule has 0 spiro atoms. The molecule has 198 valence electrons. The molecule has 8 atom stereocenters. The van der Waals surface area contributed by atoms with Gasteiger partial charge in [0.15, 0.2) is 0 Å². The maximum absolute atomic E-state index is 13.6. The van der Waals surface area contributed by atoms with Gasteiger partial charge in [0.1, 0.15) is 5.82 Å². The van der Waals surface area contributed by atoms with Gasteiger partial charge in [0.25, 0.3) is 0 Å². The Bertz CT molecular complexity index is 977. The average Bonchev–Trinajstić information content (AvgIpc) is 3.23. The molecule has 1 aromatic rings. The van der Waals surface area contributed by atoms with Crippen molar-refractivity contribution < 1.29 is 19.0 Å². The lowest BCUT2D eigenvalue weighted by Gasteiger charge is -2.57. The van der Waals surface area contributed by atoms with Crippen molar-refractivity contribution in [3.05, 3.63) is 41.7 Å². The van der Waals surface area contributed by atoms with Crippen molar-refractivity contribution in [3.63, 3.8) is 0 Å². The molecule has 0 saturated heterocycles. The van der Waals surface area contributed by atoms with Crippen LogP contribution in [0.5, 0.6) is 0 Å². The summed E-state index contributed by atoms with van der Waals surface area (Å²) in [6, 6.07) is 6.34. The van der Waals surface area contributed by atoms with Crippen molar-refractivity contribution in [2.45, 2.75) is 84.2 Å². The minimum absolute atomic E-state index is 0.0270. The van der Waals surface area contributed by atoms with Crippen LogP contribution in [-0.2, 0) is 9.53 Å². The van der Waals surface area contributed by atoms with Gasteiger partial charge in [0.2, 0.25) is 5.91 Å². The molecule has 4 aliphatic carbocycles. The Morgan fingerprint density at radius 1 is 1.08 bits per heavy atom. The van der Waals surface area contributed by atoms with Gasteiger partial charge in [-0.15, -0.1) is 0 Å². The van der Waals surface area contributed by atoms with Gasteiger partial charge in [-0.2, -0.15) is 0 Å². The van der Waals surface area contributed by atoms with Gasteiger partial charge in [-0.05, 0) is 124 Å². The van der Waals surface area contributed by atoms with Crippen LogP contribution < -0.4 is 5.32 Å². The molecule has 4 fully saturated rings. The lowest BCUT2D eigenvalue weighted by molar-refractivity contribution is -0.138. The SMILES string of the molecule is C/C=C(/NC(=O)[C@H]1CC[C@H]2[C@@H]3CC[C@@H]4C[C@@](O)(COCC)CC[C@@H]4[C@H]3CC[C@]12C)c1ccc(F)cc1. The second-order valence-corrected chi connectivity index (χ2v) is 12.4. The largest absolute Gasteiger partial charge is 0.387 e. The summed E-state index contributed by atoms with van der Waals surface area (Å²) in [5.74, 6) is 3.28. The van der Waals surface area contributed by atoms with Gasteiger partial charge in [0.05, 0.1) is 12.2 Å². The lowest BCUT2D eigenvalue weighted by Crippen LogP contribution is -2.52. The number of allylic oxidation sites excluding steroid dienone is 1. The fourth-order valence-corrected chi connectivity index (χ4v) is 8.98. The van der Waals surface area contributed by atoms with Crippen LogP contribution in [0, 0.1) is 46.7 Å². The van der Waals surface area contributed by atoms with E-state index in [0.717, 1.165) is 61.6 Å². The highest BCUT2D eigenvalue weighted by molar-refractivity contribution is 5.89. The third-order valence-corrected chi connectivity index (χ3v) is 10.7. The number of hydrogen-bond donors (Lipinski definition) is 2. The van der Waals surface area contributed by atoms with E-state index >= 15 is 0 Å². The summed E-state index contributed by atoms with van der Waals surface area (Å²) < 4.78 is 19.0. The number of carbonyl (C=O) groups excluding carboxylic acids is 1. The predicted molar refractivity (Wildman–Crippen MR) is 140 cm³/mol. The van der Waals surface area contributed by atoms with Crippen LogP contribution in [0.4, 0.5) is 4.39 Å². The minimum atomic E-state index is -0.640. The normalized spacial score (nSPS) is 40.2. The molecule has 0 unspecified atom stereocenters. The fourth-order valence-electron chi connectivity index (χ4n) is 8.98. The number of hydrogen-bond acceptors (Lipinski definition) is 3. The minimum Gasteiger partial charge on any atom is -0.387 e. The first-order chi connectivity index (χ1) is 17.3. The van der Waals surface area contributed by atoms with Crippen LogP contribution in [-0.4, -0.2) is 29.8 Å². The number of ether oxygens (including phenoxy) is 1. The van der Waals surface area contributed by atoms with Gasteiger partial charge < -0.3 is 15.2 Å². The molecule has 0 aliphatic heterocycles. The predicted octanol–water partition coefficient (Wildman–Crippen LogP) is 6.34. The van der Waals surface area contributed by atoms with E-state index in [1.165, 1.54) is 31.4 Å². The average molecular weight is 498 g/mol. The molecule has 4 nitrogen and oxygen atoms in total. The summed E-state index contributed by atoms with van der Waals surface area (Å²) in [6.07, 6.45) is 11.6. The standard InChI is InChI=1S/C31H44FNO3/c1-4-28(20-6-9-22(32)10-7-20)33-29(34)27-13-12-26-25-11-8-21-18-31(35,19-36-5-2)17-15-23(21)24(25)14-16-30(26,27)3/h4,6-7,9-10,21,23-27,35H,5,8,11-19H2,1-3H3,(H,33,34)/b28-4+/t21-,23+,24-,25-,26+,27-,30+,31-/m1/s1. The van der Waals surface area contributed by atoms with E-state index in [1.807, 2.05) is 19.9 Å². The quantitative estimate of drug-likeness (QED) is 0.482. The number of rotatable bonds is 6. The van der Waals surface area contributed by atoms with Gasteiger partial charge in [-0.25, -0.2) is 4.39 Å². The molecule has 1 amide bonds. The number of nitrogens with one attached hydrogen (secondary N) is 1. The van der Waals surface area contributed by atoms with Crippen molar-refractivity contribution in [3.8, 4) is 0 Å². The van der Waals surface area contributed by atoms with Gasteiger partial charge in [-0.1, -0.05) is 25.1 Å². The number of benzene rings is 1. The highest BCUT2D eigenvalue weighted by Crippen LogP contribution is 2.64. The Balaban J connectivity index is 1.26. The Morgan fingerprint density at radius 3 is 2.56 bits per heavy atom. The van der Waals surface area contributed by atoms with E-state index in [9.17, 15) is 14.3 Å². The molecule has 5 heteroatoms. The Hall–Kier alpha value is -1.72. The van der Waals surface area contributed by atoms with Gasteiger partial charge >= 0.3 is 0 Å². The Labute approximate surface area is 216 Å². The van der Waals surface area contributed by atoms with Crippen LogP contribution in [0.3, 0.4) is 0 Å². The molecule has 0 radical (unpaired) electrons. The summed E-state index contributed by atoms with van der Waals surface area (Å²) in [4.78, 5) is 13.6. The van der Waals surface area contributed by atoms with Crippen molar-refractivity contribution >= 4 is 11.6 Å². The summed E-state index contributed by atoms with van der Waals surface area (Å²) in [5.41, 5.74) is 1.02. The number of fused-ring (bicyclic) bond motifs is 5. The first kappa shape index (κ1) is 25.9.